The van der Waals surface area contributed by atoms with Gasteiger partial charge in [0, 0.05) is 32.3 Å². The number of thioether (sulfide) groups is 1. The van der Waals surface area contributed by atoms with Gasteiger partial charge in [0.2, 0.25) is 0 Å². The molecule has 0 aromatic carbocycles. The van der Waals surface area contributed by atoms with Gasteiger partial charge in [-0.05, 0) is 45.3 Å². The summed E-state index contributed by atoms with van der Waals surface area (Å²) in [6, 6.07) is 3.69. The van der Waals surface area contributed by atoms with E-state index in [2.05, 4.69) is 24.6 Å². The van der Waals surface area contributed by atoms with Crippen LogP contribution in [0, 0.1) is 0 Å². The molecule has 0 aliphatic carbocycles. The molecule has 0 unspecified atom stereocenters. The highest BCUT2D eigenvalue weighted by atomic mass is 32.2. The van der Waals surface area contributed by atoms with Gasteiger partial charge >= 0.3 is 0 Å². The SMILES string of the molecule is CSc1ncccc1C(=O)N1CCC[C@@H](c2nnc(CN(C)C)n2C)C1. The molecule has 0 saturated carbocycles. The van der Waals surface area contributed by atoms with Crippen molar-refractivity contribution in [2.75, 3.05) is 33.4 Å². The highest BCUT2D eigenvalue weighted by Gasteiger charge is 2.29. The third-order valence-corrected chi connectivity index (χ3v) is 5.44. The number of piperidine rings is 1. The largest absolute Gasteiger partial charge is 0.338 e. The molecule has 0 N–H and O–H groups in total. The highest BCUT2D eigenvalue weighted by Crippen LogP contribution is 2.28. The summed E-state index contributed by atoms with van der Waals surface area (Å²) in [7, 11) is 6.06. The Morgan fingerprint density at radius 1 is 1.38 bits per heavy atom. The van der Waals surface area contributed by atoms with Crippen LogP contribution in [0.15, 0.2) is 23.4 Å². The van der Waals surface area contributed by atoms with Crippen LogP contribution < -0.4 is 0 Å². The zero-order valence-corrected chi connectivity index (χ0v) is 16.7. The molecule has 0 radical (unpaired) electrons. The first-order valence-corrected chi connectivity index (χ1v) is 10.0. The molecule has 0 spiro atoms. The van der Waals surface area contributed by atoms with Crippen molar-refractivity contribution in [3.63, 3.8) is 0 Å². The number of rotatable bonds is 5. The Hall–Kier alpha value is -1.93. The van der Waals surface area contributed by atoms with E-state index >= 15 is 0 Å². The van der Waals surface area contributed by atoms with Gasteiger partial charge in [-0.3, -0.25) is 4.79 Å². The molecule has 0 bridgehead atoms. The van der Waals surface area contributed by atoms with Crippen LogP contribution in [0.5, 0.6) is 0 Å². The molecule has 1 fully saturated rings. The predicted octanol–water partition coefficient (Wildman–Crippen LogP) is 2.01. The zero-order chi connectivity index (χ0) is 18.7. The number of nitrogens with zero attached hydrogens (tertiary/aromatic N) is 6. The molecule has 140 valence electrons. The summed E-state index contributed by atoms with van der Waals surface area (Å²) in [5, 5.41) is 9.55. The summed E-state index contributed by atoms with van der Waals surface area (Å²) < 4.78 is 2.08. The average Bonchev–Trinajstić information content (AvgIpc) is 3.01. The smallest absolute Gasteiger partial charge is 0.256 e. The fourth-order valence-corrected chi connectivity index (χ4v) is 3.95. The lowest BCUT2D eigenvalue weighted by atomic mass is 9.96. The molecular formula is C18H26N6OS. The van der Waals surface area contributed by atoms with Gasteiger partial charge < -0.3 is 14.4 Å². The summed E-state index contributed by atoms with van der Waals surface area (Å²) in [6.45, 7) is 2.21. The maximum atomic E-state index is 13.0. The van der Waals surface area contributed by atoms with Crippen LogP contribution >= 0.6 is 11.8 Å². The van der Waals surface area contributed by atoms with Gasteiger partial charge in [0.1, 0.15) is 16.7 Å². The molecule has 3 heterocycles. The third-order valence-electron chi connectivity index (χ3n) is 4.73. The molecule has 1 amide bonds. The van der Waals surface area contributed by atoms with E-state index in [9.17, 15) is 4.79 Å². The van der Waals surface area contributed by atoms with Crippen molar-refractivity contribution in [3.05, 3.63) is 35.5 Å². The Labute approximate surface area is 158 Å². The van der Waals surface area contributed by atoms with Crippen molar-refractivity contribution >= 4 is 17.7 Å². The first-order valence-electron chi connectivity index (χ1n) is 8.82. The van der Waals surface area contributed by atoms with Gasteiger partial charge in [-0.2, -0.15) is 0 Å². The number of pyridine rings is 1. The van der Waals surface area contributed by atoms with Crippen LogP contribution in [0.25, 0.3) is 0 Å². The second kappa shape index (κ2) is 8.18. The first kappa shape index (κ1) is 18.8. The van der Waals surface area contributed by atoms with Crippen LogP contribution in [0.2, 0.25) is 0 Å². The van der Waals surface area contributed by atoms with Gasteiger partial charge in [0.25, 0.3) is 5.91 Å². The predicted molar refractivity (Wildman–Crippen MR) is 102 cm³/mol. The van der Waals surface area contributed by atoms with Crippen molar-refractivity contribution < 1.29 is 4.79 Å². The van der Waals surface area contributed by atoms with E-state index in [0.29, 0.717) is 12.1 Å². The van der Waals surface area contributed by atoms with Crippen LogP contribution in [0.3, 0.4) is 0 Å². The molecule has 8 heteroatoms. The molecule has 1 saturated heterocycles. The lowest BCUT2D eigenvalue weighted by molar-refractivity contribution is 0.0699. The van der Waals surface area contributed by atoms with Gasteiger partial charge in [-0.1, -0.05) is 0 Å². The lowest BCUT2D eigenvalue weighted by Gasteiger charge is -2.32. The molecule has 1 aliphatic rings. The van der Waals surface area contributed by atoms with E-state index in [0.717, 1.165) is 42.6 Å². The minimum atomic E-state index is 0.0582. The van der Waals surface area contributed by atoms with Gasteiger partial charge in [-0.15, -0.1) is 22.0 Å². The minimum Gasteiger partial charge on any atom is -0.338 e. The Morgan fingerprint density at radius 2 is 2.19 bits per heavy atom. The maximum absolute atomic E-state index is 13.0. The number of carbonyl (C=O) groups is 1. The van der Waals surface area contributed by atoms with Crippen molar-refractivity contribution in [2.45, 2.75) is 30.3 Å². The molecular weight excluding hydrogens is 348 g/mol. The summed E-state index contributed by atoms with van der Waals surface area (Å²) in [6.07, 6.45) is 5.68. The quantitative estimate of drug-likeness (QED) is 0.746. The number of carbonyl (C=O) groups excluding carboxylic acids is 1. The van der Waals surface area contributed by atoms with E-state index in [1.807, 2.05) is 44.4 Å². The van der Waals surface area contributed by atoms with Gasteiger partial charge in [0.15, 0.2) is 0 Å². The lowest BCUT2D eigenvalue weighted by Crippen LogP contribution is -2.40. The summed E-state index contributed by atoms with van der Waals surface area (Å²) >= 11 is 1.51. The number of hydrogen-bond donors (Lipinski definition) is 0. The summed E-state index contributed by atoms with van der Waals surface area (Å²) in [5.41, 5.74) is 0.687. The molecule has 26 heavy (non-hydrogen) atoms. The van der Waals surface area contributed by atoms with Crippen LogP contribution in [0.4, 0.5) is 0 Å². The first-order chi connectivity index (χ1) is 12.5. The van der Waals surface area contributed by atoms with Gasteiger partial charge in [-0.25, -0.2) is 4.98 Å². The van der Waals surface area contributed by atoms with Crippen molar-refractivity contribution in [2.24, 2.45) is 7.05 Å². The Kier molecular flexibility index (Phi) is 5.93. The average molecular weight is 375 g/mol. The normalized spacial score (nSPS) is 17.7. The maximum Gasteiger partial charge on any atom is 0.256 e. The number of amides is 1. The minimum absolute atomic E-state index is 0.0582. The summed E-state index contributed by atoms with van der Waals surface area (Å²) in [4.78, 5) is 21.4. The topological polar surface area (TPSA) is 67.2 Å². The molecule has 1 aliphatic heterocycles. The second-order valence-corrected chi connectivity index (χ2v) is 7.72. The van der Waals surface area contributed by atoms with Crippen molar-refractivity contribution in [1.29, 1.82) is 0 Å². The standard InChI is InChI=1S/C18H26N6OS/c1-22(2)12-15-20-21-16(23(15)3)13-7-6-10-24(11-13)18(25)14-8-5-9-19-17(14)26-4/h5,8-9,13H,6-7,10-12H2,1-4H3/t13-/m1/s1. The Bertz CT molecular complexity index is 775. The second-order valence-electron chi connectivity index (χ2n) is 6.92. The number of likely N-dealkylation sites (tertiary alicyclic amines) is 1. The van der Waals surface area contributed by atoms with E-state index in [-0.39, 0.29) is 11.8 Å². The molecule has 2 aromatic rings. The molecule has 1 atom stereocenters. The third kappa shape index (κ3) is 3.91. The van der Waals surface area contributed by atoms with Crippen LogP contribution in [-0.4, -0.2) is 68.9 Å². The van der Waals surface area contributed by atoms with E-state index < -0.39 is 0 Å². The van der Waals surface area contributed by atoms with Crippen molar-refractivity contribution in [3.8, 4) is 0 Å². The molecule has 2 aromatic heterocycles. The van der Waals surface area contributed by atoms with E-state index in [1.54, 1.807) is 6.20 Å². The van der Waals surface area contributed by atoms with Crippen molar-refractivity contribution in [1.82, 2.24) is 29.5 Å². The fourth-order valence-electron chi connectivity index (χ4n) is 3.41. The van der Waals surface area contributed by atoms with Crippen LogP contribution in [0.1, 0.15) is 40.8 Å². The van der Waals surface area contributed by atoms with E-state index in [4.69, 9.17) is 0 Å². The number of hydrogen-bond acceptors (Lipinski definition) is 6. The van der Waals surface area contributed by atoms with Crippen LogP contribution in [-0.2, 0) is 13.6 Å². The molecule has 7 nitrogen and oxygen atoms in total. The summed E-state index contributed by atoms with van der Waals surface area (Å²) in [5.74, 6) is 2.19. The Balaban J connectivity index is 1.77. The fraction of sp³-hybridized carbons (Fsp3) is 0.556. The molecule has 3 rings (SSSR count). The highest BCUT2D eigenvalue weighted by molar-refractivity contribution is 7.98. The zero-order valence-electron chi connectivity index (χ0n) is 15.8. The Morgan fingerprint density at radius 3 is 2.92 bits per heavy atom. The van der Waals surface area contributed by atoms with E-state index in [1.165, 1.54) is 11.8 Å². The van der Waals surface area contributed by atoms with Gasteiger partial charge in [0.05, 0.1) is 12.1 Å². The monoisotopic (exact) mass is 374 g/mol. The number of aromatic nitrogens is 4.